The minimum Gasteiger partial charge on any atom is -0.317 e. The van der Waals surface area contributed by atoms with Crippen LogP contribution in [0.1, 0.15) is 32.3 Å². The molecule has 1 saturated carbocycles. The summed E-state index contributed by atoms with van der Waals surface area (Å²) in [5, 5.41) is 3.55. The molecule has 0 spiro atoms. The van der Waals surface area contributed by atoms with Crippen molar-refractivity contribution in [2.75, 3.05) is 20.6 Å². The zero-order chi connectivity index (χ0) is 14.5. The molecule has 0 aliphatic heterocycles. The maximum Gasteiger partial charge on any atom is 0.0271 e. The average molecular weight is 275 g/mol. The van der Waals surface area contributed by atoms with E-state index in [-0.39, 0.29) is 0 Å². The fourth-order valence-electron chi connectivity index (χ4n) is 3.77. The van der Waals surface area contributed by atoms with E-state index in [2.05, 4.69) is 55.3 Å². The Bertz CT molecular complexity index is 392. The van der Waals surface area contributed by atoms with Crippen LogP contribution >= 0.6 is 0 Å². The lowest BCUT2D eigenvalue weighted by molar-refractivity contribution is 0.113. The van der Waals surface area contributed by atoms with Crippen LogP contribution in [0.4, 0.5) is 0 Å². The minimum atomic E-state index is 0.661. The van der Waals surface area contributed by atoms with Crippen molar-refractivity contribution in [1.82, 2.24) is 15.2 Å². The molecule has 0 bridgehead atoms. The molecule has 112 valence electrons. The molecule has 1 N–H and O–H groups in total. The van der Waals surface area contributed by atoms with Crippen LogP contribution in [0.5, 0.6) is 0 Å². The zero-order valence-electron chi connectivity index (χ0n) is 13.3. The third-order valence-corrected chi connectivity index (χ3v) is 4.77. The predicted molar refractivity (Wildman–Crippen MR) is 84.5 cm³/mol. The van der Waals surface area contributed by atoms with Crippen molar-refractivity contribution >= 4 is 0 Å². The zero-order valence-corrected chi connectivity index (χ0v) is 13.3. The van der Waals surface area contributed by atoms with Crippen LogP contribution in [0.2, 0.25) is 0 Å². The smallest absolute Gasteiger partial charge is 0.0271 e. The standard InChI is InChI=1S/C17H29N3/c1-13-9-14(2)16(17(10-13)18-3)12-20(4)11-15-5-7-19-8-6-15/h5-8,13-14,16-18H,9-12H2,1-4H3. The number of rotatable bonds is 5. The van der Waals surface area contributed by atoms with Crippen molar-refractivity contribution < 1.29 is 0 Å². The molecule has 20 heavy (non-hydrogen) atoms. The quantitative estimate of drug-likeness (QED) is 0.895. The minimum absolute atomic E-state index is 0.661. The second kappa shape index (κ2) is 7.19. The largest absolute Gasteiger partial charge is 0.317 e. The summed E-state index contributed by atoms with van der Waals surface area (Å²) in [5.41, 5.74) is 1.35. The van der Waals surface area contributed by atoms with E-state index in [9.17, 15) is 0 Å². The van der Waals surface area contributed by atoms with Crippen molar-refractivity contribution in [2.45, 2.75) is 39.3 Å². The Morgan fingerprint density at radius 1 is 1.25 bits per heavy atom. The molecule has 2 rings (SSSR count). The number of nitrogens with zero attached hydrogens (tertiary/aromatic N) is 2. The maximum absolute atomic E-state index is 4.09. The first kappa shape index (κ1) is 15.5. The van der Waals surface area contributed by atoms with Gasteiger partial charge in [-0.25, -0.2) is 0 Å². The summed E-state index contributed by atoms with van der Waals surface area (Å²) < 4.78 is 0. The first-order valence-electron chi connectivity index (χ1n) is 7.84. The molecule has 0 amide bonds. The second-order valence-corrected chi connectivity index (χ2v) is 6.67. The van der Waals surface area contributed by atoms with Crippen LogP contribution in [0.25, 0.3) is 0 Å². The van der Waals surface area contributed by atoms with Gasteiger partial charge < -0.3 is 10.2 Å². The number of nitrogens with one attached hydrogen (secondary N) is 1. The maximum atomic E-state index is 4.09. The van der Waals surface area contributed by atoms with Gasteiger partial charge in [-0.15, -0.1) is 0 Å². The highest BCUT2D eigenvalue weighted by Gasteiger charge is 2.33. The first-order chi connectivity index (χ1) is 9.60. The highest BCUT2D eigenvalue weighted by atomic mass is 15.1. The average Bonchev–Trinajstić information content (AvgIpc) is 2.42. The third-order valence-electron chi connectivity index (χ3n) is 4.77. The van der Waals surface area contributed by atoms with Crippen molar-refractivity contribution in [3.63, 3.8) is 0 Å². The number of hydrogen-bond donors (Lipinski definition) is 1. The molecule has 1 heterocycles. The second-order valence-electron chi connectivity index (χ2n) is 6.67. The van der Waals surface area contributed by atoms with Crippen LogP contribution in [0.15, 0.2) is 24.5 Å². The Morgan fingerprint density at radius 3 is 2.60 bits per heavy atom. The Morgan fingerprint density at radius 2 is 1.95 bits per heavy atom. The van der Waals surface area contributed by atoms with Gasteiger partial charge in [0, 0.05) is 31.5 Å². The fourth-order valence-corrected chi connectivity index (χ4v) is 3.77. The summed E-state index contributed by atoms with van der Waals surface area (Å²) >= 11 is 0. The molecule has 3 nitrogen and oxygen atoms in total. The number of aromatic nitrogens is 1. The van der Waals surface area contributed by atoms with Gasteiger partial charge >= 0.3 is 0 Å². The van der Waals surface area contributed by atoms with Crippen LogP contribution in [-0.2, 0) is 6.54 Å². The molecule has 1 aliphatic carbocycles. The van der Waals surface area contributed by atoms with E-state index < -0.39 is 0 Å². The SMILES string of the molecule is CNC1CC(C)CC(C)C1CN(C)Cc1ccncc1. The van der Waals surface area contributed by atoms with Crippen LogP contribution in [0.3, 0.4) is 0 Å². The molecular weight excluding hydrogens is 246 g/mol. The molecule has 1 fully saturated rings. The van der Waals surface area contributed by atoms with Crippen LogP contribution in [-0.4, -0.2) is 36.6 Å². The van der Waals surface area contributed by atoms with Gasteiger partial charge in [0.1, 0.15) is 0 Å². The summed E-state index contributed by atoms with van der Waals surface area (Å²) in [5.74, 6) is 2.41. The summed E-state index contributed by atoms with van der Waals surface area (Å²) in [4.78, 5) is 6.54. The molecule has 0 saturated heterocycles. The summed E-state index contributed by atoms with van der Waals surface area (Å²) in [6.07, 6.45) is 6.44. The molecule has 3 heteroatoms. The Labute approximate surface area is 123 Å². The summed E-state index contributed by atoms with van der Waals surface area (Å²) in [7, 11) is 4.35. The van der Waals surface area contributed by atoms with E-state index in [4.69, 9.17) is 0 Å². The van der Waals surface area contributed by atoms with E-state index >= 15 is 0 Å². The van der Waals surface area contributed by atoms with Crippen LogP contribution in [0, 0.1) is 17.8 Å². The van der Waals surface area contributed by atoms with Gasteiger partial charge in [-0.05, 0) is 62.4 Å². The lowest BCUT2D eigenvalue weighted by Gasteiger charge is -2.41. The highest BCUT2D eigenvalue weighted by molar-refractivity contribution is 5.09. The molecule has 1 aromatic rings. The lowest BCUT2D eigenvalue weighted by Crippen LogP contribution is -2.47. The Hall–Kier alpha value is -0.930. The first-order valence-corrected chi connectivity index (χ1v) is 7.84. The van der Waals surface area contributed by atoms with Gasteiger partial charge in [0.25, 0.3) is 0 Å². The van der Waals surface area contributed by atoms with Crippen LogP contribution < -0.4 is 5.32 Å². The van der Waals surface area contributed by atoms with E-state index in [0.717, 1.165) is 24.3 Å². The van der Waals surface area contributed by atoms with Gasteiger partial charge in [0.05, 0.1) is 0 Å². The summed E-state index contributed by atoms with van der Waals surface area (Å²) in [6, 6.07) is 4.88. The fraction of sp³-hybridized carbons (Fsp3) is 0.706. The third kappa shape index (κ3) is 4.03. The molecule has 1 aromatic heterocycles. The highest BCUT2D eigenvalue weighted by Crippen LogP contribution is 2.34. The number of hydrogen-bond acceptors (Lipinski definition) is 3. The Kier molecular flexibility index (Phi) is 5.55. The van der Waals surface area contributed by atoms with Crippen molar-refractivity contribution in [1.29, 1.82) is 0 Å². The monoisotopic (exact) mass is 275 g/mol. The van der Waals surface area contributed by atoms with Gasteiger partial charge in [-0.3, -0.25) is 4.98 Å². The number of pyridine rings is 1. The van der Waals surface area contributed by atoms with Crippen molar-refractivity contribution in [2.24, 2.45) is 17.8 Å². The lowest BCUT2D eigenvalue weighted by atomic mass is 9.72. The van der Waals surface area contributed by atoms with Gasteiger partial charge in [0.2, 0.25) is 0 Å². The molecule has 1 aliphatic rings. The molecule has 0 radical (unpaired) electrons. The van der Waals surface area contributed by atoms with E-state index in [1.54, 1.807) is 0 Å². The van der Waals surface area contributed by atoms with E-state index in [0.29, 0.717) is 6.04 Å². The molecule has 0 aromatic carbocycles. The van der Waals surface area contributed by atoms with Gasteiger partial charge in [0.15, 0.2) is 0 Å². The molecule has 4 unspecified atom stereocenters. The van der Waals surface area contributed by atoms with Gasteiger partial charge in [-0.1, -0.05) is 13.8 Å². The van der Waals surface area contributed by atoms with Crippen molar-refractivity contribution in [3.8, 4) is 0 Å². The predicted octanol–water partition coefficient (Wildman–Crippen LogP) is 2.78. The molecular formula is C17H29N3. The topological polar surface area (TPSA) is 28.2 Å². The summed E-state index contributed by atoms with van der Waals surface area (Å²) in [6.45, 7) is 6.99. The van der Waals surface area contributed by atoms with Crippen molar-refractivity contribution in [3.05, 3.63) is 30.1 Å². The van der Waals surface area contributed by atoms with Gasteiger partial charge in [-0.2, -0.15) is 0 Å². The van der Waals surface area contributed by atoms with E-state index in [1.165, 1.54) is 24.9 Å². The Balaban J connectivity index is 1.93. The molecule has 4 atom stereocenters. The van der Waals surface area contributed by atoms with E-state index in [1.807, 2.05) is 12.4 Å². The normalized spacial score (nSPS) is 30.6.